The van der Waals surface area contributed by atoms with Crippen molar-refractivity contribution in [2.24, 2.45) is 5.73 Å². The van der Waals surface area contributed by atoms with E-state index < -0.39 is 0 Å². The van der Waals surface area contributed by atoms with E-state index in [4.69, 9.17) is 5.73 Å². The van der Waals surface area contributed by atoms with Gasteiger partial charge in [0, 0.05) is 24.2 Å². The summed E-state index contributed by atoms with van der Waals surface area (Å²) in [6.45, 7) is 1.35. The lowest BCUT2D eigenvalue weighted by Crippen LogP contribution is -2.28. The molecule has 2 aromatic heterocycles. The van der Waals surface area contributed by atoms with Crippen molar-refractivity contribution in [3.63, 3.8) is 0 Å². The molecule has 2 rings (SSSR count). The largest absolute Gasteiger partial charge is 0.329 e. The maximum absolute atomic E-state index is 5.72. The van der Waals surface area contributed by atoms with Gasteiger partial charge in [0.2, 0.25) is 0 Å². The van der Waals surface area contributed by atoms with Crippen LogP contribution >= 0.6 is 11.3 Å². The highest BCUT2D eigenvalue weighted by Gasteiger charge is 2.09. The Labute approximate surface area is 98.6 Å². The van der Waals surface area contributed by atoms with Crippen LogP contribution in [-0.2, 0) is 6.54 Å². The molecule has 0 aliphatic carbocycles. The van der Waals surface area contributed by atoms with E-state index >= 15 is 0 Å². The van der Waals surface area contributed by atoms with Crippen molar-refractivity contribution in [3.8, 4) is 0 Å². The van der Waals surface area contributed by atoms with Crippen LogP contribution in [0.1, 0.15) is 16.6 Å². The topological polar surface area (TPSA) is 63.8 Å². The molecule has 84 valence electrons. The molecule has 2 aromatic rings. The lowest BCUT2D eigenvalue weighted by atomic mass is 10.2. The molecular formula is C11H14N4S. The molecule has 0 fully saturated rings. The maximum atomic E-state index is 5.72. The molecule has 4 nitrogen and oxygen atoms in total. The normalized spacial score (nSPS) is 12.6. The molecule has 0 aliphatic heterocycles. The minimum Gasteiger partial charge on any atom is -0.329 e. The molecule has 0 aliphatic rings. The summed E-state index contributed by atoms with van der Waals surface area (Å²) in [6, 6.07) is 6.12. The third-order valence-electron chi connectivity index (χ3n) is 2.30. The Hall–Kier alpha value is -1.30. The number of nitrogens with one attached hydrogen (secondary N) is 1. The van der Waals surface area contributed by atoms with Crippen molar-refractivity contribution in [2.45, 2.75) is 12.6 Å². The van der Waals surface area contributed by atoms with Gasteiger partial charge in [-0.1, -0.05) is 6.07 Å². The zero-order chi connectivity index (χ0) is 11.2. The molecule has 0 radical (unpaired) electrons. The third-order valence-corrected chi connectivity index (χ3v) is 3.18. The molecule has 0 spiro atoms. The van der Waals surface area contributed by atoms with Crippen LogP contribution in [0.5, 0.6) is 0 Å². The highest BCUT2D eigenvalue weighted by molar-refractivity contribution is 7.09. The van der Waals surface area contributed by atoms with Gasteiger partial charge in [-0.15, -0.1) is 11.3 Å². The van der Waals surface area contributed by atoms with Gasteiger partial charge in [-0.2, -0.15) is 0 Å². The molecule has 2 heterocycles. The zero-order valence-electron chi connectivity index (χ0n) is 8.84. The number of nitrogens with zero attached hydrogens (tertiary/aromatic N) is 2. The molecule has 3 N–H and O–H groups in total. The van der Waals surface area contributed by atoms with Gasteiger partial charge in [-0.3, -0.25) is 0 Å². The molecule has 0 amide bonds. The second-order valence-corrected chi connectivity index (χ2v) is 4.42. The van der Waals surface area contributed by atoms with Crippen LogP contribution in [0.25, 0.3) is 0 Å². The van der Waals surface area contributed by atoms with Crippen molar-refractivity contribution in [1.82, 2.24) is 15.3 Å². The second kappa shape index (κ2) is 5.69. The Morgan fingerprint density at radius 3 is 3.00 bits per heavy atom. The summed E-state index contributed by atoms with van der Waals surface area (Å²) in [4.78, 5) is 9.39. The van der Waals surface area contributed by atoms with E-state index in [1.165, 1.54) is 4.88 Å². The first-order valence-corrected chi connectivity index (χ1v) is 6.00. The Morgan fingerprint density at radius 2 is 2.38 bits per heavy atom. The van der Waals surface area contributed by atoms with Gasteiger partial charge in [0.1, 0.15) is 6.33 Å². The number of aromatic nitrogens is 2. The Morgan fingerprint density at radius 1 is 1.44 bits per heavy atom. The van der Waals surface area contributed by atoms with Crippen molar-refractivity contribution < 1.29 is 0 Å². The van der Waals surface area contributed by atoms with Gasteiger partial charge in [-0.05, 0) is 17.5 Å². The van der Waals surface area contributed by atoms with E-state index in [0.29, 0.717) is 6.54 Å². The first-order chi connectivity index (χ1) is 7.90. The molecule has 0 saturated heterocycles. The molecule has 16 heavy (non-hydrogen) atoms. The van der Waals surface area contributed by atoms with Gasteiger partial charge >= 0.3 is 0 Å². The summed E-state index contributed by atoms with van der Waals surface area (Å²) in [5.74, 6) is 0. The second-order valence-electron chi connectivity index (χ2n) is 3.38. The molecule has 1 atom stereocenters. The maximum Gasteiger partial charge on any atom is 0.115 e. The Bertz CT molecular complexity index is 401. The van der Waals surface area contributed by atoms with Crippen LogP contribution in [0.4, 0.5) is 0 Å². The van der Waals surface area contributed by atoms with E-state index in [2.05, 4.69) is 26.7 Å². The highest BCUT2D eigenvalue weighted by Crippen LogP contribution is 2.11. The van der Waals surface area contributed by atoms with Crippen LogP contribution in [0.3, 0.4) is 0 Å². The number of hydrogen-bond acceptors (Lipinski definition) is 5. The zero-order valence-corrected chi connectivity index (χ0v) is 9.65. The van der Waals surface area contributed by atoms with E-state index in [-0.39, 0.29) is 6.04 Å². The number of nitrogens with two attached hydrogens (primary N) is 1. The van der Waals surface area contributed by atoms with Gasteiger partial charge in [-0.25, -0.2) is 9.97 Å². The van der Waals surface area contributed by atoms with Gasteiger partial charge in [0.15, 0.2) is 0 Å². The van der Waals surface area contributed by atoms with Crippen LogP contribution in [-0.4, -0.2) is 16.5 Å². The molecular weight excluding hydrogens is 220 g/mol. The van der Waals surface area contributed by atoms with E-state index in [9.17, 15) is 0 Å². The minimum atomic E-state index is 0.0881. The number of thiophene rings is 1. The average Bonchev–Trinajstić information content (AvgIpc) is 2.84. The molecule has 1 unspecified atom stereocenters. The Balaban J connectivity index is 1.96. The lowest BCUT2D eigenvalue weighted by Gasteiger charge is -2.15. The third kappa shape index (κ3) is 2.85. The summed E-state index contributed by atoms with van der Waals surface area (Å²) >= 11 is 1.73. The van der Waals surface area contributed by atoms with E-state index in [1.54, 1.807) is 23.9 Å². The van der Waals surface area contributed by atoms with Crippen LogP contribution in [0.15, 0.2) is 36.1 Å². The average molecular weight is 234 g/mol. The predicted octanol–water partition coefficient (Wildman–Crippen LogP) is 1.33. The molecule has 0 aromatic carbocycles. The summed E-state index contributed by atoms with van der Waals surface area (Å²) in [6.07, 6.45) is 3.28. The summed E-state index contributed by atoms with van der Waals surface area (Å²) in [5, 5.41) is 5.45. The van der Waals surface area contributed by atoms with Crippen molar-refractivity contribution in [2.75, 3.05) is 6.54 Å². The van der Waals surface area contributed by atoms with Crippen LogP contribution < -0.4 is 11.1 Å². The molecule has 0 saturated carbocycles. The SMILES string of the molecule is NCC(NCc1cccs1)c1ccncn1. The molecule has 5 heteroatoms. The smallest absolute Gasteiger partial charge is 0.115 e. The fraction of sp³-hybridized carbons (Fsp3) is 0.273. The first kappa shape index (κ1) is 11.2. The monoisotopic (exact) mass is 234 g/mol. The quantitative estimate of drug-likeness (QED) is 0.819. The fourth-order valence-electron chi connectivity index (χ4n) is 1.45. The van der Waals surface area contributed by atoms with Crippen molar-refractivity contribution in [1.29, 1.82) is 0 Å². The van der Waals surface area contributed by atoms with E-state index in [0.717, 1.165) is 12.2 Å². The molecule has 0 bridgehead atoms. The van der Waals surface area contributed by atoms with Gasteiger partial charge in [0.25, 0.3) is 0 Å². The van der Waals surface area contributed by atoms with Gasteiger partial charge < -0.3 is 11.1 Å². The Kier molecular flexibility index (Phi) is 3.98. The summed E-state index contributed by atoms with van der Waals surface area (Å²) < 4.78 is 0. The van der Waals surface area contributed by atoms with Gasteiger partial charge in [0.05, 0.1) is 11.7 Å². The van der Waals surface area contributed by atoms with E-state index in [1.807, 2.05) is 12.1 Å². The fourth-order valence-corrected chi connectivity index (χ4v) is 2.11. The number of rotatable bonds is 5. The summed E-state index contributed by atoms with van der Waals surface area (Å²) in [5.41, 5.74) is 6.66. The standard InChI is InChI=1S/C11H14N4S/c12-6-11(10-3-4-13-8-15-10)14-7-9-2-1-5-16-9/h1-5,8,11,14H,6-7,12H2. The van der Waals surface area contributed by atoms with Crippen LogP contribution in [0, 0.1) is 0 Å². The van der Waals surface area contributed by atoms with Crippen molar-refractivity contribution >= 4 is 11.3 Å². The first-order valence-electron chi connectivity index (χ1n) is 5.12. The predicted molar refractivity (Wildman–Crippen MR) is 65.0 cm³/mol. The number of hydrogen-bond donors (Lipinski definition) is 2. The lowest BCUT2D eigenvalue weighted by molar-refractivity contribution is 0.532. The van der Waals surface area contributed by atoms with Crippen molar-refractivity contribution in [3.05, 3.63) is 46.7 Å². The highest BCUT2D eigenvalue weighted by atomic mass is 32.1. The minimum absolute atomic E-state index is 0.0881. The van der Waals surface area contributed by atoms with Crippen LogP contribution in [0.2, 0.25) is 0 Å². The summed E-state index contributed by atoms with van der Waals surface area (Å²) in [7, 11) is 0.